The molecule has 1 aliphatic heterocycles. The molecule has 1 amide bonds. The molecule has 5 nitrogen and oxygen atoms in total. The molecule has 0 aliphatic carbocycles. The van der Waals surface area contributed by atoms with E-state index in [0.29, 0.717) is 18.5 Å². The van der Waals surface area contributed by atoms with Crippen molar-refractivity contribution in [2.75, 3.05) is 26.2 Å². The van der Waals surface area contributed by atoms with Gasteiger partial charge in [0.05, 0.1) is 18.6 Å². The van der Waals surface area contributed by atoms with Crippen LogP contribution in [0.3, 0.4) is 0 Å². The van der Waals surface area contributed by atoms with Crippen LogP contribution in [0.1, 0.15) is 69.5 Å². The first-order valence-corrected chi connectivity index (χ1v) is 12.6. The third kappa shape index (κ3) is 8.17. The zero-order valence-corrected chi connectivity index (χ0v) is 20.5. The third-order valence-electron chi connectivity index (χ3n) is 6.51. The normalized spacial score (nSPS) is 18.5. The quantitative estimate of drug-likeness (QED) is 0.409. The summed E-state index contributed by atoms with van der Waals surface area (Å²) in [6.45, 7) is 9.83. The Morgan fingerprint density at radius 1 is 1.09 bits per heavy atom. The van der Waals surface area contributed by atoms with E-state index in [1.807, 2.05) is 49.4 Å². The van der Waals surface area contributed by atoms with Gasteiger partial charge in [0.1, 0.15) is 5.75 Å². The van der Waals surface area contributed by atoms with Crippen molar-refractivity contribution in [1.29, 1.82) is 0 Å². The lowest BCUT2D eigenvalue weighted by Crippen LogP contribution is -2.41. The Morgan fingerprint density at radius 2 is 1.85 bits per heavy atom. The van der Waals surface area contributed by atoms with Crippen molar-refractivity contribution in [3.05, 3.63) is 65.7 Å². The fourth-order valence-electron chi connectivity index (χ4n) is 4.39. The Balaban J connectivity index is 1.63. The molecule has 1 fully saturated rings. The van der Waals surface area contributed by atoms with Crippen molar-refractivity contribution in [2.45, 2.75) is 64.5 Å². The molecule has 0 aromatic heterocycles. The van der Waals surface area contributed by atoms with Crippen LogP contribution in [0.25, 0.3) is 0 Å². The van der Waals surface area contributed by atoms with Crippen LogP contribution >= 0.6 is 0 Å². The number of benzene rings is 2. The number of carbonyl (C=O) groups is 1. The summed E-state index contributed by atoms with van der Waals surface area (Å²) in [5.74, 6) is 1.27. The predicted octanol–water partition coefficient (Wildman–Crippen LogP) is 4.80. The highest BCUT2D eigenvalue weighted by molar-refractivity contribution is 5.83. The summed E-state index contributed by atoms with van der Waals surface area (Å²) >= 11 is 0. The molecule has 1 aliphatic rings. The fourth-order valence-corrected chi connectivity index (χ4v) is 4.39. The summed E-state index contributed by atoms with van der Waals surface area (Å²) < 4.78 is 5.97. The Kier molecular flexibility index (Phi) is 10.2. The van der Waals surface area contributed by atoms with Crippen molar-refractivity contribution in [3.8, 4) is 5.75 Å². The Labute approximate surface area is 199 Å². The van der Waals surface area contributed by atoms with Gasteiger partial charge in [0.15, 0.2) is 0 Å². The van der Waals surface area contributed by atoms with Crippen LogP contribution in [0.4, 0.5) is 0 Å². The second-order valence-corrected chi connectivity index (χ2v) is 9.42. The topological polar surface area (TPSA) is 62.4 Å². The Morgan fingerprint density at radius 3 is 2.52 bits per heavy atom. The molecule has 180 valence electrons. The third-order valence-corrected chi connectivity index (χ3v) is 6.51. The lowest BCUT2D eigenvalue weighted by atomic mass is 9.99. The van der Waals surface area contributed by atoms with Crippen LogP contribution in [-0.2, 0) is 4.79 Å². The van der Waals surface area contributed by atoms with Gasteiger partial charge in [-0.1, -0.05) is 62.7 Å². The van der Waals surface area contributed by atoms with E-state index in [4.69, 9.17) is 4.74 Å². The molecule has 3 N–H and O–H groups in total. The second kappa shape index (κ2) is 13.4. The molecule has 5 heteroatoms. The van der Waals surface area contributed by atoms with Crippen LogP contribution in [0, 0.1) is 5.92 Å². The molecule has 33 heavy (non-hydrogen) atoms. The second-order valence-electron chi connectivity index (χ2n) is 9.42. The summed E-state index contributed by atoms with van der Waals surface area (Å²) in [5, 5.41) is 10.4. The van der Waals surface area contributed by atoms with Crippen LogP contribution < -0.4 is 20.7 Å². The molecule has 4 atom stereocenters. The first kappa shape index (κ1) is 25.3. The van der Waals surface area contributed by atoms with Crippen LogP contribution in [-0.4, -0.2) is 38.2 Å². The molecule has 0 spiro atoms. The number of carbonyl (C=O) groups excluding carboxylic acids is 1. The predicted molar refractivity (Wildman–Crippen MR) is 136 cm³/mol. The molecule has 2 aromatic rings. The Hall–Kier alpha value is -2.37. The summed E-state index contributed by atoms with van der Waals surface area (Å²) in [6, 6.07) is 18.6. The maximum Gasteiger partial charge on any atom is 0.227 e. The van der Waals surface area contributed by atoms with Crippen molar-refractivity contribution >= 4 is 5.91 Å². The highest BCUT2D eigenvalue weighted by Crippen LogP contribution is 2.21. The van der Waals surface area contributed by atoms with Gasteiger partial charge >= 0.3 is 0 Å². The summed E-state index contributed by atoms with van der Waals surface area (Å²) in [7, 11) is 0. The highest BCUT2D eigenvalue weighted by atomic mass is 16.5. The number of ether oxygens (including phenoxy) is 1. The van der Waals surface area contributed by atoms with E-state index in [9.17, 15) is 4.79 Å². The van der Waals surface area contributed by atoms with E-state index < -0.39 is 0 Å². The zero-order valence-electron chi connectivity index (χ0n) is 20.5. The molecule has 0 bridgehead atoms. The van der Waals surface area contributed by atoms with Crippen LogP contribution in [0.2, 0.25) is 0 Å². The van der Waals surface area contributed by atoms with E-state index in [1.165, 1.54) is 25.7 Å². The lowest BCUT2D eigenvalue weighted by Gasteiger charge is -2.23. The van der Waals surface area contributed by atoms with Crippen molar-refractivity contribution in [1.82, 2.24) is 16.0 Å². The van der Waals surface area contributed by atoms with E-state index >= 15 is 0 Å². The minimum Gasteiger partial charge on any atom is -0.493 e. The standard InChI is InChI=1S/C28H41N3O2/c1-4-9-21(2)20-33-26-15-13-24(14-16-26)27(19-29-18-25-12-8-17-30-25)31-28(32)22(3)23-10-6-5-7-11-23/h5-7,10-11,13-16,21-22,25,27,29-30H,4,8-9,12,17-20H2,1-3H3,(H,31,32)/t21?,22-,25+,27-/m0/s1. The van der Waals surface area contributed by atoms with Gasteiger partial charge in [-0.25, -0.2) is 0 Å². The van der Waals surface area contributed by atoms with Gasteiger partial charge in [-0.2, -0.15) is 0 Å². The molecule has 1 saturated heterocycles. The zero-order chi connectivity index (χ0) is 23.5. The maximum absolute atomic E-state index is 13.1. The largest absolute Gasteiger partial charge is 0.493 e. The molecule has 0 radical (unpaired) electrons. The Bertz CT molecular complexity index is 819. The molecular weight excluding hydrogens is 410 g/mol. The molecule has 3 rings (SSSR count). The first-order valence-electron chi connectivity index (χ1n) is 12.6. The number of rotatable bonds is 13. The van der Waals surface area contributed by atoms with Gasteiger partial charge in [-0.15, -0.1) is 0 Å². The molecule has 2 aromatic carbocycles. The fraction of sp³-hybridized carbons (Fsp3) is 0.536. The van der Waals surface area contributed by atoms with E-state index in [2.05, 4.69) is 41.9 Å². The van der Waals surface area contributed by atoms with Crippen molar-refractivity contribution in [2.24, 2.45) is 5.92 Å². The number of hydrogen-bond donors (Lipinski definition) is 3. The highest BCUT2D eigenvalue weighted by Gasteiger charge is 2.21. The van der Waals surface area contributed by atoms with Gasteiger partial charge in [0.2, 0.25) is 5.91 Å². The van der Waals surface area contributed by atoms with Crippen molar-refractivity contribution < 1.29 is 9.53 Å². The smallest absolute Gasteiger partial charge is 0.227 e. The lowest BCUT2D eigenvalue weighted by molar-refractivity contribution is -0.123. The molecular formula is C28H41N3O2. The number of nitrogens with one attached hydrogen (secondary N) is 3. The van der Waals surface area contributed by atoms with E-state index in [-0.39, 0.29) is 17.9 Å². The van der Waals surface area contributed by atoms with Gasteiger partial charge in [-0.05, 0) is 61.9 Å². The number of hydrogen-bond acceptors (Lipinski definition) is 4. The van der Waals surface area contributed by atoms with Gasteiger partial charge in [0.25, 0.3) is 0 Å². The van der Waals surface area contributed by atoms with E-state index in [0.717, 1.165) is 36.6 Å². The minimum atomic E-state index is -0.201. The SMILES string of the molecule is CCCC(C)COc1ccc([C@H](CNC[C@H]2CCCN2)NC(=O)[C@@H](C)c2ccccc2)cc1. The van der Waals surface area contributed by atoms with Gasteiger partial charge in [0, 0.05) is 19.1 Å². The summed E-state index contributed by atoms with van der Waals surface area (Å²) in [6.07, 6.45) is 4.79. The van der Waals surface area contributed by atoms with Gasteiger partial charge in [-0.3, -0.25) is 4.79 Å². The molecule has 0 saturated carbocycles. The summed E-state index contributed by atoms with van der Waals surface area (Å²) in [4.78, 5) is 13.1. The van der Waals surface area contributed by atoms with E-state index in [1.54, 1.807) is 0 Å². The molecule has 1 heterocycles. The molecule has 1 unspecified atom stereocenters. The monoisotopic (exact) mass is 451 g/mol. The average Bonchev–Trinajstić information content (AvgIpc) is 3.36. The summed E-state index contributed by atoms with van der Waals surface area (Å²) in [5.41, 5.74) is 2.12. The number of amides is 1. The van der Waals surface area contributed by atoms with Crippen LogP contribution in [0.15, 0.2) is 54.6 Å². The minimum absolute atomic E-state index is 0.0423. The average molecular weight is 452 g/mol. The van der Waals surface area contributed by atoms with Gasteiger partial charge < -0.3 is 20.7 Å². The maximum atomic E-state index is 13.1. The van der Waals surface area contributed by atoms with Crippen molar-refractivity contribution in [3.63, 3.8) is 0 Å². The first-order chi connectivity index (χ1) is 16.1. The van der Waals surface area contributed by atoms with Crippen LogP contribution in [0.5, 0.6) is 5.75 Å².